The molecule has 3 rings (SSSR count). The van der Waals surface area contributed by atoms with Gasteiger partial charge < -0.3 is 15.4 Å². The number of halogens is 2. The van der Waals surface area contributed by atoms with Gasteiger partial charge in [0, 0.05) is 29.6 Å². The summed E-state index contributed by atoms with van der Waals surface area (Å²) in [5, 5.41) is 15.8. The number of hydrogen-bond acceptors (Lipinski definition) is 5. The van der Waals surface area contributed by atoms with E-state index in [1.807, 2.05) is 25.3 Å². The predicted octanol–water partition coefficient (Wildman–Crippen LogP) is 4.98. The number of alkyl halides is 2. The topological polar surface area (TPSA) is 78.3 Å². The van der Waals surface area contributed by atoms with E-state index in [9.17, 15) is 13.6 Å². The van der Waals surface area contributed by atoms with Crippen LogP contribution in [0.2, 0.25) is 0 Å². The smallest absolute Gasteiger partial charge is 0.387 e. The van der Waals surface area contributed by atoms with Crippen molar-refractivity contribution in [2.24, 2.45) is 16.1 Å². The van der Waals surface area contributed by atoms with Crippen molar-refractivity contribution < 1.29 is 18.3 Å². The zero-order valence-corrected chi connectivity index (χ0v) is 16.7. The number of urea groups is 1. The number of carbonyl (C=O) groups excluding carboxylic acids is 1. The lowest BCUT2D eigenvalue weighted by molar-refractivity contribution is -0.0497. The van der Waals surface area contributed by atoms with Crippen LogP contribution in [0.15, 0.2) is 58.7 Å². The molecule has 0 spiro atoms. The molecule has 0 saturated heterocycles. The Hall–Kier alpha value is -3.49. The van der Waals surface area contributed by atoms with Gasteiger partial charge in [0.25, 0.3) is 0 Å². The standard InChI is InChI=1S/C21H23F2N5O2/c1-3-14-13-24-28(4-2)27-19(14)15-8-10-16(11-9-15)25-21(29)26-17-6-5-7-18(12-17)30-20(22)23/h5-14,20H,3-4H2,1-2H3,(H2,25,26,29). The molecule has 158 valence electrons. The first-order valence-electron chi connectivity index (χ1n) is 9.62. The van der Waals surface area contributed by atoms with Crippen molar-refractivity contribution in [2.45, 2.75) is 26.9 Å². The van der Waals surface area contributed by atoms with E-state index in [-0.39, 0.29) is 11.7 Å². The van der Waals surface area contributed by atoms with Crippen LogP contribution in [0.3, 0.4) is 0 Å². The maximum absolute atomic E-state index is 12.3. The van der Waals surface area contributed by atoms with Crippen molar-refractivity contribution in [2.75, 3.05) is 17.2 Å². The Morgan fingerprint density at radius 2 is 1.87 bits per heavy atom. The molecule has 0 fully saturated rings. The van der Waals surface area contributed by atoms with E-state index in [4.69, 9.17) is 0 Å². The highest BCUT2D eigenvalue weighted by molar-refractivity contribution is 6.10. The number of amides is 2. The Balaban J connectivity index is 1.64. The summed E-state index contributed by atoms with van der Waals surface area (Å²) in [5.41, 5.74) is 2.81. The van der Waals surface area contributed by atoms with E-state index < -0.39 is 12.6 Å². The summed E-state index contributed by atoms with van der Waals surface area (Å²) in [4.78, 5) is 12.2. The number of nitrogens with zero attached hydrogens (tertiary/aromatic N) is 3. The highest BCUT2D eigenvalue weighted by atomic mass is 19.3. The number of rotatable bonds is 7. The second-order valence-corrected chi connectivity index (χ2v) is 6.52. The summed E-state index contributed by atoms with van der Waals surface area (Å²) in [6.07, 6.45) is 2.79. The molecule has 0 aromatic heterocycles. The molecule has 2 aromatic rings. The zero-order valence-electron chi connectivity index (χ0n) is 16.7. The molecule has 1 aliphatic heterocycles. The Morgan fingerprint density at radius 3 is 2.53 bits per heavy atom. The van der Waals surface area contributed by atoms with Gasteiger partial charge in [-0.2, -0.15) is 24.1 Å². The summed E-state index contributed by atoms with van der Waals surface area (Å²) in [6, 6.07) is 12.6. The fourth-order valence-corrected chi connectivity index (χ4v) is 2.94. The van der Waals surface area contributed by atoms with Gasteiger partial charge in [-0.3, -0.25) is 0 Å². The van der Waals surface area contributed by atoms with Crippen LogP contribution in [0.4, 0.5) is 25.0 Å². The molecule has 0 saturated carbocycles. The van der Waals surface area contributed by atoms with Gasteiger partial charge in [-0.1, -0.05) is 25.1 Å². The summed E-state index contributed by atoms with van der Waals surface area (Å²) in [7, 11) is 0. The van der Waals surface area contributed by atoms with Gasteiger partial charge >= 0.3 is 12.6 Å². The van der Waals surface area contributed by atoms with E-state index in [0.29, 0.717) is 17.9 Å². The first-order valence-corrected chi connectivity index (χ1v) is 9.62. The summed E-state index contributed by atoms with van der Waals surface area (Å²) in [5.74, 6) is 0.105. The first kappa shape index (κ1) is 21.2. The molecule has 7 nitrogen and oxygen atoms in total. The largest absolute Gasteiger partial charge is 0.435 e. The Labute approximate surface area is 173 Å². The van der Waals surface area contributed by atoms with Gasteiger partial charge in [-0.15, -0.1) is 0 Å². The molecule has 2 N–H and O–H groups in total. The van der Waals surface area contributed by atoms with E-state index in [1.54, 1.807) is 23.3 Å². The number of hydrazone groups is 2. The number of hydrogen-bond donors (Lipinski definition) is 2. The average molecular weight is 415 g/mol. The normalized spacial score (nSPS) is 15.7. The number of nitrogens with one attached hydrogen (secondary N) is 2. The van der Waals surface area contributed by atoms with Gasteiger partial charge in [0.1, 0.15) is 5.75 Å². The maximum Gasteiger partial charge on any atom is 0.387 e. The molecule has 1 aliphatic rings. The third-order valence-electron chi connectivity index (χ3n) is 4.43. The Bertz CT molecular complexity index is 931. The molecule has 1 atom stereocenters. The second kappa shape index (κ2) is 9.82. The fraction of sp³-hybridized carbons (Fsp3) is 0.286. The highest BCUT2D eigenvalue weighted by Gasteiger charge is 2.19. The van der Waals surface area contributed by atoms with Gasteiger partial charge in [-0.25, -0.2) is 4.79 Å². The van der Waals surface area contributed by atoms with Crippen molar-refractivity contribution in [3.8, 4) is 5.75 Å². The van der Waals surface area contributed by atoms with Crippen molar-refractivity contribution in [1.29, 1.82) is 0 Å². The predicted molar refractivity (Wildman–Crippen MR) is 113 cm³/mol. The van der Waals surface area contributed by atoms with Crippen molar-refractivity contribution in [3.05, 3.63) is 54.1 Å². The molecule has 1 unspecified atom stereocenters. The number of ether oxygens (including phenoxy) is 1. The lowest BCUT2D eigenvalue weighted by atomic mass is 9.95. The van der Waals surface area contributed by atoms with Crippen LogP contribution in [0, 0.1) is 5.92 Å². The van der Waals surface area contributed by atoms with Crippen molar-refractivity contribution >= 4 is 29.3 Å². The van der Waals surface area contributed by atoms with Crippen LogP contribution in [-0.2, 0) is 0 Å². The van der Waals surface area contributed by atoms with Crippen LogP contribution < -0.4 is 15.4 Å². The number of anilines is 2. The molecular weight excluding hydrogens is 392 g/mol. The molecule has 30 heavy (non-hydrogen) atoms. The Kier molecular flexibility index (Phi) is 6.95. The third kappa shape index (κ3) is 5.53. The minimum absolute atomic E-state index is 0.0319. The average Bonchev–Trinajstić information content (AvgIpc) is 2.73. The first-order chi connectivity index (χ1) is 14.5. The minimum atomic E-state index is -2.93. The lowest BCUT2D eigenvalue weighted by Crippen LogP contribution is -2.27. The van der Waals surface area contributed by atoms with Crippen LogP contribution >= 0.6 is 0 Å². The highest BCUT2D eigenvalue weighted by Crippen LogP contribution is 2.21. The van der Waals surface area contributed by atoms with Gasteiger partial charge in [0.2, 0.25) is 0 Å². The second-order valence-electron chi connectivity index (χ2n) is 6.52. The number of benzene rings is 2. The molecule has 0 aliphatic carbocycles. The molecule has 1 heterocycles. The number of carbonyl (C=O) groups is 1. The van der Waals surface area contributed by atoms with Crippen molar-refractivity contribution in [3.63, 3.8) is 0 Å². The lowest BCUT2D eigenvalue weighted by Gasteiger charge is -2.23. The van der Waals surface area contributed by atoms with Crippen LogP contribution in [-0.4, -0.2) is 36.2 Å². The Morgan fingerprint density at radius 1 is 1.13 bits per heavy atom. The maximum atomic E-state index is 12.3. The zero-order chi connectivity index (χ0) is 21.5. The van der Waals surface area contributed by atoms with Gasteiger partial charge in [0.15, 0.2) is 0 Å². The van der Waals surface area contributed by atoms with E-state index >= 15 is 0 Å². The monoisotopic (exact) mass is 415 g/mol. The molecule has 2 aromatic carbocycles. The molecule has 2 amide bonds. The summed E-state index contributed by atoms with van der Waals surface area (Å²) in [6.45, 7) is 1.81. The SMILES string of the molecule is CCC1C=NN(CC)N=C1c1ccc(NC(=O)Nc2cccc(OC(F)F)c2)cc1. The third-order valence-corrected chi connectivity index (χ3v) is 4.43. The van der Waals surface area contributed by atoms with E-state index in [0.717, 1.165) is 17.7 Å². The molecule has 9 heteroatoms. The van der Waals surface area contributed by atoms with Gasteiger partial charge in [-0.05, 0) is 43.2 Å². The van der Waals surface area contributed by atoms with Crippen molar-refractivity contribution in [1.82, 2.24) is 5.12 Å². The van der Waals surface area contributed by atoms with Crippen LogP contribution in [0.5, 0.6) is 5.75 Å². The fourth-order valence-electron chi connectivity index (χ4n) is 2.94. The van der Waals surface area contributed by atoms with E-state index in [1.165, 1.54) is 18.2 Å². The minimum Gasteiger partial charge on any atom is -0.435 e. The quantitative estimate of drug-likeness (QED) is 0.669. The molecule has 0 bridgehead atoms. The molecular formula is C21H23F2N5O2. The summed E-state index contributed by atoms with van der Waals surface area (Å²) >= 11 is 0. The van der Waals surface area contributed by atoms with Gasteiger partial charge in [0.05, 0.1) is 12.3 Å². The van der Waals surface area contributed by atoms with E-state index in [2.05, 4.69) is 32.5 Å². The van der Waals surface area contributed by atoms with Crippen LogP contribution in [0.25, 0.3) is 0 Å². The molecule has 0 radical (unpaired) electrons. The van der Waals surface area contributed by atoms with Crippen LogP contribution in [0.1, 0.15) is 25.8 Å². The summed E-state index contributed by atoms with van der Waals surface area (Å²) < 4.78 is 29.0.